The largest absolute Gasteiger partial charge is 0.480 e. The van der Waals surface area contributed by atoms with Gasteiger partial charge in [-0.05, 0) is 37.9 Å². The second-order valence-corrected chi connectivity index (χ2v) is 7.54. The van der Waals surface area contributed by atoms with Gasteiger partial charge in [0.1, 0.15) is 5.82 Å². The van der Waals surface area contributed by atoms with E-state index in [-0.39, 0.29) is 30.7 Å². The van der Waals surface area contributed by atoms with Gasteiger partial charge >= 0.3 is 12.0 Å². The van der Waals surface area contributed by atoms with E-state index in [4.69, 9.17) is 16.7 Å². The smallest absolute Gasteiger partial charge is 0.317 e. The maximum Gasteiger partial charge on any atom is 0.317 e. The normalized spacial score (nSPS) is 24.6. The Kier molecular flexibility index (Phi) is 6.38. The van der Waals surface area contributed by atoms with E-state index in [9.17, 15) is 9.59 Å². The van der Waals surface area contributed by atoms with Gasteiger partial charge in [-0.25, -0.2) is 9.78 Å². The minimum Gasteiger partial charge on any atom is -0.480 e. The Hall–Kier alpha value is -2.06. The number of nitrogens with zero attached hydrogens (tertiary/aromatic N) is 3. The van der Waals surface area contributed by atoms with Crippen molar-refractivity contribution in [1.29, 1.82) is 0 Å². The molecule has 3 rings (SSSR count). The predicted molar refractivity (Wildman–Crippen MR) is 103 cm³/mol. The quantitative estimate of drug-likeness (QED) is 0.648. The molecule has 9 heteroatoms. The molecular formula is C18H26ClN5O3. The van der Waals surface area contributed by atoms with Gasteiger partial charge in [-0.1, -0.05) is 18.5 Å². The first-order chi connectivity index (χ1) is 13.0. The van der Waals surface area contributed by atoms with Crippen LogP contribution in [-0.2, 0) is 4.79 Å². The number of nitrogens with one attached hydrogen (secondary N) is 2. The summed E-state index contributed by atoms with van der Waals surface area (Å²) in [6.45, 7) is 4.18. The number of urea groups is 1. The van der Waals surface area contributed by atoms with Gasteiger partial charge in [0.2, 0.25) is 0 Å². The van der Waals surface area contributed by atoms with Crippen LogP contribution in [-0.4, -0.2) is 71.3 Å². The van der Waals surface area contributed by atoms with Crippen molar-refractivity contribution in [3.8, 4) is 0 Å². The summed E-state index contributed by atoms with van der Waals surface area (Å²) in [6.07, 6.45) is 4.13. The van der Waals surface area contributed by atoms with E-state index >= 15 is 0 Å². The van der Waals surface area contributed by atoms with Crippen LogP contribution in [0.1, 0.15) is 26.2 Å². The van der Waals surface area contributed by atoms with E-state index in [1.807, 2.05) is 17.9 Å². The Morgan fingerprint density at radius 2 is 2.11 bits per heavy atom. The molecule has 1 aromatic rings. The number of aromatic nitrogens is 1. The second kappa shape index (κ2) is 8.75. The first kappa shape index (κ1) is 19.7. The van der Waals surface area contributed by atoms with Crippen molar-refractivity contribution in [3.63, 3.8) is 0 Å². The number of aliphatic carboxylic acids is 1. The molecule has 3 N–H and O–H groups in total. The summed E-state index contributed by atoms with van der Waals surface area (Å²) in [5.74, 6) is -0.0615. The maximum absolute atomic E-state index is 12.2. The fraction of sp³-hybridized carbons (Fsp3) is 0.611. The molecule has 0 bridgehead atoms. The minimum absolute atomic E-state index is 0.0497. The molecule has 1 aliphatic carbocycles. The third-order valence-corrected chi connectivity index (χ3v) is 5.57. The number of amides is 2. The van der Waals surface area contributed by atoms with E-state index in [1.54, 1.807) is 12.3 Å². The van der Waals surface area contributed by atoms with E-state index in [0.29, 0.717) is 18.1 Å². The number of carbonyl (C=O) groups excluding carboxylic acids is 1. The predicted octanol–water partition coefficient (Wildman–Crippen LogP) is 1.55. The fourth-order valence-corrected chi connectivity index (χ4v) is 4.01. The number of carbonyl (C=O) groups is 2. The molecule has 2 fully saturated rings. The van der Waals surface area contributed by atoms with Crippen LogP contribution in [0, 0.1) is 0 Å². The van der Waals surface area contributed by atoms with Gasteiger partial charge in [0.05, 0.1) is 11.6 Å². The second-order valence-electron chi connectivity index (χ2n) is 7.14. The monoisotopic (exact) mass is 395 g/mol. The van der Waals surface area contributed by atoms with Crippen molar-refractivity contribution in [2.45, 2.75) is 44.3 Å². The topological polar surface area (TPSA) is 97.8 Å². The molecule has 2 aliphatic rings. The molecule has 1 saturated heterocycles. The average molecular weight is 396 g/mol. The molecule has 148 valence electrons. The summed E-state index contributed by atoms with van der Waals surface area (Å²) < 4.78 is 0. The number of carboxylic acid groups (broad SMARTS) is 1. The number of hydrogen-bond donors (Lipinski definition) is 3. The number of carboxylic acids is 1. The van der Waals surface area contributed by atoms with Gasteiger partial charge < -0.3 is 20.6 Å². The Morgan fingerprint density at radius 1 is 1.37 bits per heavy atom. The summed E-state index contributed by atoms with van der Waals surface area (Å²) >= 11 is 6.19. The number of halogens is 1. The van der Waals surface area contributed by atoms with Crippen molar-refractivity contribution in [1.82, 2.24) is 20.5 Å². The third kappa shape index (κ3) is 5.01. The van der Waals surface area contributed by atoms with Crippen LogP contribution in [0.3, 0.4) is 0 Å². The lowest BCUT2D eigenvalue weighted by Gasteiger charge is -2.42. The molecule has 1 saturated carbocycles. The Bertz CT molecular complexity index is 683. The van der Waals surface area contributed by atoms with Gasteiger partial charge in [0.25, 0.3) is 0 Å². The van der Waals surface area contributed by atoms with Gasteiger partial charge in [0, 0.05) is 37.4 Å². The fourth-order valence-electron chi connectivity index (χ4n) is 3.77. The molecule has 0 radical (unpaired) electrons. The van der Waals surface area contributed by atoms with E-state index in [2.05, 4.69) is 20.5 Å². The zero-order chi connectivity index (χ0) is 19.4. The maximum atomic E-state index is 12.2. The first-order valence-corrected chi connectivity index (χ1v) is 9.72. The molecular weight excluding hydrogens is 370 g/mol. The van der Waals surface area contributed by atoms with Crippen molar-refractivity contribution >= 4 is 29.4 Å². The van der Waals surface area contributed by atoms with Crippen LogP contribution in [0.25, 0.3) is 0 Å². The van der Waals surface area contributed by atoms with Crippen molar-refractivity contribution in [3.05, 3.63) is 23.4 Å². The molecule has 27 heavy (non-hydrogen) atoms. The van der Waals surface area contributed by atoms with E-state index in [1.165, 1.54) is 0 Å². The summed E-state index contributed by atoms with van der Waals surface area (Å²) in [4.78, 5) is 31.5. The number of anilines is 1. The number of pyridine rings is 1. The first-order valence-electron chi connectivity index (χ1n) is 9.34. The van der Waals surface area contributed by atoms with Gasteiger partial charge in [-0.3, -0.25) is 9.69 Å². The highest BCUT2D eigenvalue weighted by Crippen LogP contribution is 2.27. The molecule has 8 nitrogen and oxygen atoms in total. The van der Waals surface area contributed by atoms with Gasteiger partial charge in [-0.15, -0.1) is 0 Å². The van der Waals surface area contributed by atoms with Crippen molar-refractivity contribution in [2.75, 3.05) is 31.1 Å². The summed E-state index contributed by atoms with van der Waals surface area (Å²) in [6, 6.07) is 3.82. The van der Waals surface area contributed by atoms with Crippen molar-refractivity contribution < 1.29 is 14.7 Å². The highest BCUT2D eigenvalue weighted by atomic mass is 35.5. The third-order valence-electron chi connectivity index (χ3n) is 5.27. The lowest BCUT2D eigenvalue weighted by atomic mass is 9.85. The highest BCUT2D eigenvalue weighted by molar-refractivity contribution is 6.32. The molecule has 1 aliphatic heterocycles. The number of likely N-dealkylation sites (N-methyl/N-ethyl adjacent to an activating group) is 1. The standard InChI is InChI=1S/C18H26ClN5O3/c1-2-23(11-16(25)26)14-8-13(9-14)22-18(27)21-12-5-7-24(10-12)17-15(19)4-3-6-20-17/h3-4,6,12-14H,2,5,7-11H2,1H3,(H,25,26)(H2,21,22,27). The average Bonchev–Trinajstić information content (AvgIpc) is 3.04. The van der Waals surface area contributed by atoms with Gasteiger partial charge in [-0.2, -0.15) is 0 Å². The molecule has 0 aromatic carbocycles. The lowest BCUT2D eigenvalue weighted by molar-refractivity contribution is -0.139. The summed E-state index contributed by atoms with van der Waals surface area (Å²) in [7, 11) is 0. The molecule has 2 heterocycles. The molecule has 1 unspecified atom stereocenters. The SMILES string of the molecule is CCN(CC(=O)O)C1CC(NC(=O)NC2CCN(c3ncccc3Cl)C2)C1. The Morgan fingerprint density at radius 3 is 2.78 bits per heavy atom. The van der Waals surface area contributed by atoms with Crippen LogP contribution in [0.2, 0.25) is 5.02 Å². The molecule has 1 aromatic heterocycles. The number of rotatable bonds is 7. The molecule has 1 atom stereocenters. The molecule has 2 amide bonds. The highest BCUT2D eigenvalue weighted by Gasteiger charge is 2.35. The van der Waals surface area contributed by atoms with Gasteiger partial charge in [0.15, 0.2) is 0 Å². The van der Waals surface area contributed by atoms with Crippen LogP contribution in [0.4, 0.5) is 10.6 Å². The van der Waals surface area contributed by atoms with Crippen LogP contribution in [0.5, 0.6) is 0 Å². The Balaban J connectivity index is 1.40. The summed E-state index contributed by atoms with van der Waals surface area (Å²) in [5, 5.41) is 15.6. The zero-order valence-corrected chi connectivity index (χ0v) is 16.2. The number of hydrogen-bond acceptors (Lipinski definition) is 5. The van der Waals surface area contributed by atoms with Crippen molar-refractivity contribution in [2.24, 2.45) is 0 Å². The van der Waals surface area contributed by atoms with Crippen LogP contribution >= 0.6 is 11.6 Å². The Labute approximate surface area is 163 Å². The zero-order valence-electron chi connectivity index (χ0n) is 15.4. The van der Waals surface area contributed by atoms with Crippen LogP contribution < -0.4 is 15.5 Å². The van der Waals surface area contributed by atoms with E-state index in [0.717, 1.165) is 31.6 Å². The lowest BCUT2D eigenvalue weighted by Crippen LogP contribution is -2.57. The van der Waals surface area contributed by atoms with E-state index < -0.39 is 5.97 Å². The minimum atomic E-state index is -0.815. The van der Waals surface area contributed by atoms with Crippen LogP contribution in [0.15, 0.2) is 18.3 Å². The summed E-state index contributed by atoms with van der Waals surface area (Å²) in [5.41, 5.74) is 0. The molecule has 0 spiro atoms.